The second-order valence-electron chi connectivity index (χ2n) is 3.45. The minimum Gasteiger partial charge on any atom is -0.508 e. The van der Waals surface area contributed by atoms with Crippen LogP contribution in [0.25, 0.3) is 0 Å². The van der Waals surface area contributed by atoms with Crippen molar-refractivity contribution in [3.05, 3.63) is 29.3 Å². The van der Waals surface area contributed by atoms with Crippen LogP contribution >= 0.6 is 0 Å². The van der Waals surface area contributed by atoms with Crippen molar-refractivity contribution >= 4 is 5.78 Å². The zero-order valence-electron chi connectivity index (χ0n) is 8.16. The van der Waals surface area contributed by atoms with Gasteiger partial charge in [0.05, 0.1) is 0 Å². The first-order valence-corrected chi connectivity index (χ1v) is 4.37. The molecule has 0 fully saturated rings. The standard InChI is InChI=1S/C11H14O2/c1-7(2)11-9(8(3)12)5-4-6-10(11)13/h4-7,13H,1-3H3. The molecule has 0 amide bonds. The van der Waals surface area contributed by atoms with Crippen molar-refractivity contribution in [2.75, 3.05) is 0 Å². The summed E-state index contributed by atoms with van der Waals surface area (Å²) >= 11 is 0. The van der Waals surface area contributed by atoms with Gasteiger partial charge in [0.25, 0.3) is 0 Å². The minimum atomic E-state index is -0.000370. The Kier molecular flexibility index (Phi) is 2.71. The Balaban J connectivity index is 3.34. The fraction of sp³-hybridized carbons (Fsp3) is 0.364. The molecule has 70 valence electrons. The van der Waals surface area contributed by atoms with Gasteiger partial charge in [0.15, 0.2) is 5.78 Å². The van der Waals surface area contributed by atoms with Gasteiger partial charge < -0.3 is 5.11 Å². The van der Waals surface area contributed by atoms with E-state index < -0.39 is 0 Å². The first-order chi connectivity index (χ1) is 6.04. The van der Waals surface area contributed by atoms with Crippen LogP contribution in [0.15, 0.2) is 18.2 Å². The van der Waals surface area contributed by atoms with E-state index in [4.69, 9.17) is 0 Å². The fourth-order valence-corrected chi connectivity index (χ4v) is 1.47. The molecule has 0 aliphatic heterocycles. The van der Waals surface area contributed by atoms with Gasteiger partial charge in [-0.2, -0.15) is 0 Å². The molecule has 0 saturated carbocycles. The lowest BCUT2D eigenvalue weighted by Crippen LogP contribution is -2.01. The Morgan fingerprint density at radius 3 is 2.38 bits per heavy atom. The quantitative estimate of drug-likeness (QED) is 0.707. The van der Waals surface area contributed by atoms with Crippen LogP contribution in [0.2, 0.25) is 0 Å². The van der Waals surface area contributed by atoms with Crippen LogP contribution in [-0.2, 0) is 0 Å². The molecule has 0 atom stereocenters. The number of ketones is 1. The third-order valence-electron chi connectivity index (χ3n) is 2.04. The van der Waals surface area contributed by atoms with Crippen LogP contribution in [0, 0.1) is 0 Å². The Morgan fingerprint density at radius 2 is 2.00 bits per heavy atom. The van der Waals surface area contributed by atoms with E-state index in [1.807, 2.05) is 13.8 Å². The fourth-order valence-electron chi connectivity index (χ4n) is 1.47. The molecule has 0 bridgehead atoms. The maximum atomic E-state index is 11.2. The predicted molar refractivity (Wildman–Crippen MR) is 52.2 cm³/mol. The maximum absolute atomic E-state index is 11.2. The highest BCUT2D eigenvalue weighted by molar-refractivity contribution is 5.96. The van der Waals surface area contributed by atoms with Crippen LogP contribution in [0.5, 0.6) is 5.75 Å². The molecule has 1 aromatic carbocycles. The summed E-state index contributed by atoms with van der Waals surface area (Å²) < 4.78 is 0. The number of hydrogen-bond donors (Lipinski definition) is 1. The third-order valence-corrected chi connectivity index (χ3v) is 2.04. The lowest BCUT2D eigenvalue weighted by Gasteiger charge is -2.11. The van der Waals surface area contributed by atoms with E-state index in [2.05, 4.69) is 0 Å². The summed E-state index contributed by atoms with van der Waals surface area (Å²) in [5, 5.41) is 9.56. The molecular formula is C11H14O2. The Hall–Kier alpha value is -1.31. The average Bonchev–Trinajstić information content (AvgIpc) is 2.02. The van der Waals surface area contributed by atoms with Gasteiger partial charge in [0.1, 0.15) is 5.75 Å². The Labute approximate surface area is 78.2 Å². The lowest BCUT2D eigenvalue weighted by atomic mass is 9.94. The molecule has 0 aromatic heterocycles. The second kappa shape index (κ2) is 3.60. The van der Waals surface area contributed by atoms with Gasteiger partial charge in [-0.25, -0.2) is 0 Å². The monoisotopic (exact) mass is 178 g/mol. The predicted octanol–water partition coefficient (Wildman–Crippen LogP) is 2.72. The number of carbonyl (C=O) groups excluding carboxylic acids is 1. The van der Waals surface area contributed by atoms with Crippen LogP contribution in [0.4, 0.5) is 0 Å². The number of Topliss-reactive ketones (excluding diaryl/α,β-unsaturated/α-hetero) is 1. The van der Waals surface area contributed by atoms with Crippen molar-refractivity contribution in [3.8, 4) is 5.75 Å². The summed E-state index contributed by atoms with van der Waals surface area (Å²) in [4.78, 5) is 11.2. The zero-order chi connectivity index (χ0) is 10.0. The van der Waals surface area contributed by atoms with Gasteiger partial charge in [0, 0.05) is 11.1 Å². The molecule has 1 rings (SSSR count). The van der Waals surface area contributed by atoms with Crippen LogP contribution in [0.1, 0.15) is 42.6 Å². The minimum absolute atomic E-state index is 0.000370. The van der Waals surface area contributed by atoms with E-state index in [0.717, 1.165) is 5.56 Å². The summed E-state index contributed by atoms with van der Waals surface area (Å²) in [5.74, 6) is 0.377. The molecule has 0 unspecified atom stereocenters. The number of hydrogen-bond acceptors (Lipinski definition) is 2. The molecule has 1 N–H and O–H groups in total. The number of carbonyl (C=O) groups is 1. The molecule has 0 heterocycles. The smallest absolute Gasteiger partial charge is 0.160 e. The van der Waals surface area contributed by atoms with E-state index in [-0.39, 0.29) is 17.5 Å². The van der Waals surface area contributed by atoms with Gasteiger partial charge in [0.2, 0.25) is 0 Å². The van der Waals surface area contributed by atoms with E-state index in [0.29, 0.717) is 5.56 Å². The van der Waals surface area contributed by atoms with E-state index in [1.54, 1.807) is 18.2 Å². The van der Waals surface area contributed by atoms with Gasteiger partial charge in [-0.3, -0.25) is 4.79 Å². The topological polar surface area (TPSA) is 37.3 Å². The highest BCUT2D eigenvalue weighted by Crippen LogP contribution is 2.28. The first-order valence-electron chi connectivity index (χ1n) is 4.37. The highest BCUT2D eigenvalue weighted by atomic mass is 16.3. The molecular weight excluding hydrogens is 164 g/mol. The summed E-state index contributed by atoms with van der Waals surface area (Å²) in [6.07, 6.45) is 0. The van der Waals surface area contributed by atoms with Crippen LogP contribution < -0.4 is 0 Å². The summed E-state index contributed by atoms with van der Waals surface area (Å²) in [5.41, 5.74) is 1.37. The molecule has 0 aliphatic carbocycles. The van der Waals surface area contributed by atoms with Gasteiger partial charge >= 0.3 is 0 Å². The Bertz CT molecular complexity index is 327. The molecule has 13 heavy (non-hydrogen) atoms. The molecule has 0 radical (unpaired) electrons. The summed E-state index contributed by atoms with van der Waals surface area (Å²) in [6.45, 7) is 5.43. The average molecular weight is 178 g/mol. The number of phenolic OH excluding ortho intramolecular Hbond substituents is 1. The van der Waals surface area contributed by atoms with Crippen molar-refractivity contribution in [1.29, 1.82) is 0 Å². The van der Waals surface area contributed by atoms with Crippen molar-refractivity contribution in [1.82, 2.24) is 0 Å². The van der Waals surface area contributed by atoms with Crippen molar-refractivity contribution in [2.24, 2.45) is 0 Å². The van der Waals surface area contributed by atoms with Gasteiger partial charge in [-0.15, -0.1) is 0 Å². The number of rotatable bonds is 2. The second-order valence-corrected chi connectivity index (χ2v) is 3.45. The van der Waals surface area contributed by atoms with E-state index in [9.17, 15) is 9.90 Å². The van der Waals surface area contributed by atoms with Gasteiger partial charge in [-0.1, -0.05) is 26.0 Å². The van der Waals surface area contributed by atoms with E-state index in [1.165, 1.54) is 6.92 Å². The number of aromatic hydroxyl groups is 1. The third kappa shape index (κ3) is 1.89. The normalized spacial score (nSPS) is 10.5. The SMILES string of the molecule is CC(=O)c1cccc(O)c1C(C)C. The van der Waals surface area contributed by atoms with Crippen molar-refractivity contribution in [3.63, 3.8) is 0 Å². The van der Waals surface area contributed by atoms with Gasteiger partial charge in [-0.05, 0) is 18.9 Å². The highest BCUT2D eigenvalue weighted by Gasteiger charge is 2.13. The molecule has 0 saturated heterocycles. The zero-order valence-corrected chi connectivity index (χ0v) is 8.16. The first kappa shape index (κ1) is 9.78. The maximum Gasteiger partial charge on any atom is 0.160 e. The number of phenols is 1. The van der Waals surface area contributed by atoms with Crippen LogP contribution in [-0.4, -0.2) is 10.9 Å². The molecule has 2 heteroatoms. The van der Waals surface area contributed by atoms with E-state index >= 15 is 0 Å². The molecule has 0 aliphatic rings. The number of benzene rings is 1. The van der Waals surface area contributed by atoms with Crippen LogP contribution in [0.3, 0.4) is 0 Å². The van der Waals surface area contributed by atoms with Crippen molar-refractivity contribution < 1.29 is 9.90 Å². The van der Waals surface area contributed by atoms with Crippen molar-refractivity contribution in [2.45, 2.75) is 26.7 Å². The summed E-state index contributed by atoms with van der Waals surface area (Å²) in [7, 11) is 0. The Morgan fingerprint density at radius 1 is 1.38 bits per heavy atom. The lowest BCUT2D eigenvalue weighted by molar-refractivity contribution is 0.101. The largest absolute Gasteiger partial charge is 0.508 e. The molecule has 0 spiro atoms. The molecule has 1 aromatic rings. The molecule has 2 nitrogen and oxygen atoms in total. The summed E-state index contributed by atoms with van der Waals surface area (Å²) in [6, 6.07) is 5.05.